The van der Waals surface area contributed by atoms with Gasteiger partial charge in [-0.25, -0.2) is 4.98 Å². The molecular formula is C10H10ClN5O. The summed E-state index contributed by atoms with van der Waals surface area (Å²) in [6.45, 7) is 0.563. The molecule has 1 atom stereocenters. The lowest BCUT2D eigenvalue weighted by Gasteiger charge is -2.21. The molecule has 1 amide bonds. The molecule has 0 aromatic carbocycles. The average molecular weight is 252 g/mol. The molecule has 2 aromatic heterocycles. The number of nitrogens with one attached hydrogen (secondary N) is 1. The van der Waals surface area contributed by atoms with Gasteiger partial charge in [0.25, 0.3) is 0 Å². The maximum atomic E-state index is 11.1. The van der Waals surface area contributed by atoms with E-state index in [0.29, 0.717) is 29.3 Å². The molecule has 0 unspecified atom stereocenters. The Kier molecular flexibility index (Phi) is 2.44. The number of piperidine rings is 1. The maximum Gasteiger partial charge on any atom is 0.220 e. The zero-order chi connectivity index (χ0) is 11.8. The van der Waals surface area contributed by atoms with Crippen molar-refractivity contribution >= 4 is 28.7 Å². The van der Waals surface area contributed by atoms with Crippen molar-refractivity contribution in [2.75, 3.05) is 6.54 Å². The molecule has 0 spiro atoms. The van der Waals surface area contributed by atoms with Gasteiger partial charge in [0.05, 0.1) is 6.04 Å². The fraction of sp³-hybridized carbons (Fsp3) is 0.400. The number of halogens is 1. The van der Waals surface area contributed by atoms with Crippen LogP contribution in [0.15, 0.2) is 12.1 Å². The number of hydrogen-bond acceptors (Lipinski definition) is 4. The van der Waals surface area contributed by atoms with Crippen molar-refractivity contribution in [3.05, 3.63) is 17.3 Å². The van der Waals surface area contributed by atoms with Crippen LogP contribution in [0.3, 0.4) is 0 Å². The zero-order valence-electron chi connectivity index (χ0n) is 8.93. The first-order valence-electron chi connectivity index (χ1n) is 5.38. The minimum atomic E-state index is 0.0825. The Hall–Kier alpha value is -1.69. The lowest BCUT2D eigenvalue weighted by molar-refractivity contribution is -0.122. The van der Waals surface area contributed by atoms with E-state index in [2.05, 4.69) is 20.5 Å². The highest BCUT2D eigenvalue weighted by Crippen LogP contribution is 2.18. The second-order valence-corrected chi connectivity index (χ2v) is 4.38. The highest BCUT2D eigenvalue weighted by molar-refractivity contribution is 6.29. The quantitative estimate of drug-likeness (QED) is 0.766. The van der Waals surface area contributed by atoms with Gasteiger partial charge in [-0.2, -0.15) is 9.90 Å². The van der Waals surface area contributed by atoms with E-state index >= 15 is 0 Å². The fourth-order valence-electron chi connectivity index (χ4n) is 1.88. The third-order valence-corrected chi connectivity index (χ3v) is 3.00. The summed E-state index contributed by atoms with van der Waals surface area (Å²) >= 11 is 5.79. The van der Waals surface area contributed by atoms with Crippen LogP contribution in [-0.4, -0.2) is 32.4 Å². The van der Waals surface area contributed by atoms with Crippen LogP contribution in [0.1, 0.15) is 18.9 Å². The van der Waals surface area contributed by atoms with Gasteiger partial charge >= 0.3 is 0 Å². The lowest BCUT2D eigenvalue weighted by Crippen LogP contribution is -2.36. The molecule has 1 N–H and O–H groups in total. The Morgan fingerprint density at radius 3 is 3.06 bits per heavy atom. The summed E-state index contributed by atoms with van der Waals surface area (Å²) in [6, 6.07) is 3.57. The summed E-state index contributed by atoms with van der Waals surface area (Å²) in [7, 11) is 0. The zero-order valence-corrected chi connectivity index (χ0v) is 9.68. The molecule has 1 aliphatic rings. The second-order valence-electron chi connectivity index (χ2n) is 3.99. The number of aromatic nitrogens is 4. The number of nitrogens with zero attached hydrogens (tertiary/aromatic N) is 4. The first-order valence-corrected chi connectivity index (χ1v) is 5.76. The summed E-state index contributed by atoms with van der Waals surface area (Å²) in [6.07, 6.45) is 1.26. The molecule has 2 aromatic rings. The number of carbonyl (C=O) groups excluding carboxylic acids is 1. The minimum Gasteiger partial charge on any atom is -0.354 e. The molecule has 1 aliphatic heterocycles. The summed E-state index contributed by atoms with van der Waals surface area (Å²) < 4.78 is 0. The Labute approximate surface area is 102 Å². The Morgan fingerprint density at radius 2 is 2.29 bits per heavy atom. The summed E-state index contributed by atoms with van der Waals surface area (Å²) in [4.78, 5) is 16.8. The van der Waals surface area contributed by atoms with Gasteiger partial charge in [0.1, 0.15) is 10.7 Å². The van der Waals surface area contributed by atoms with Crippen LogP contribution >= 0.6 is 11.6 Å². The Bertz CT molecular complexity index is 571. The molecule has 0 saturated carbocycles. The maximum absolute atomic E-state index is 11.1. The highest BCUT2D eigenvalue weighted by Gasteiger charge is 2.21. The number of amides is 1. The van der Waals surface area contributed by atoms with Gasteiger partial charge in [-0.3, -0.25) is 4.79 Å². The Balaban J connectivity index is 1.92. The lowest BCUT2D eigenvalue weighted by atomic mass is 10.1. The van der Waals surface area contributed by atoms with Crippen LogP contribution in [0.4, 0.5) is 0 Å². The van der Waals surface area contributed by atoms with Crippen molar-refractivity contribution in [3.63, 3.8) is 0 Å². The van der Waals surface area contributed by atoms with Crippen LogP contribution in [0.5, 0.6) is 0 Å². The molecule has 6 nitrogen and oxygen atoms in total. The Morgan fingerprint density at radius 1 is 1.41 bits per heavy atom. The minimum absolute atomic E-state index is 0.0825. The van der Waals surface area contributed by atoms with Crippen LogP contribution in [0.2, 0.25) is 5.15 Å². The van der Waals surface area contributed by atoms with Gasteiger partial charge in [0.15, 0.2) is 0 Å². The standard InChI is InChI=1S/C10H10ClN5O/c11-8-3-2-7-10(13-8)15-16(14-7)6-1-4-9(17)12-5-6/h2-3,6H,1,4-5H2,(H,12,17)/t6-/m0/s1. The molecule has 88 valence electrons. The van der Waals surface area contributed by atoms with E-state index in [1.807, 2.05) is 0 Å². The van der Waals surface area contributed by atoms with Crippen LogP contribution < -0.4 is 5.32 Å². The van der Waals surface area contributed by atoms with E-state index in [1.165, 1.54) is 0 Å². The van der Waals surface area contributed by atoms with Crippen molar-refractivity contribution in [2.24, 2.45) is 0 Å². The molecule has 3 heterocycles. The van der Waals surface area contributed by atoms with Crippen LogP contribution in [-0.2, 0) is 4.79 Å². The summed E-state index contributed by atoms with van der Waals surface area (Å²) in [5, 5.41) is 11.8. The third-order valence-electron chi connectivity index (χ3n) is 2.79. The monoisotopic (exact) mass is 251 g/mol. The predicted molar refractivity (Wildman–Crippen MR) is 61.6 cm³/mol. The normalized spacial score (nSPS) is 20.5. The third kappa shape index (κ3) is 1.95. The fourth-order valence-corrected chi connectivity index (χ4v) is 2.02. The largest absolute Gasteiger partial charge is 0.354 e. The molecule has 1 saturated heterocycles. The molecule has 3 rings (SSSR count). The van der Waals surface area contributed by atoms with Crippen molar-refractivity contribution in [3.8, 4) is 0 Å². The first kappa shape index (κ1) is 10.5. The first-order chi connectivity index (χ1) is 8.22. The molecule has 7 heteroatoms. The second kappa shape index (κ2) is 3.96. The number of carbonyl (C=O) groups is 1. The van der Waals surface area contributed by atoms with Crippen LogP contribution in [0.25, 0.3) is 11.2 Å². The SMILES string of the molecule is O=C1CC[C@H](n2nc3ccc(Cl)nc3n2)CN1. The van der Waals surface area contributed by atoms with Gasteiger partial charge in [-0.15, -0.1) is 5.10 Å². The van der Waals surface area contributed by atoms with E-state index < -0.39 is 0 Å². The van der Waals surface area contributed by atoms with Gasteiger partial charge in [-0.1, -0.05) is 11.6 Å². The molecule has 17 heavy (non-hydrogen) atoms. The van der Waals surface area contributed by atoms with Gasteiger partial charge < -0.3 is 5.32 Å². The van der Waals surface area contributed by atoms with E-state index in [9.17, 15) is 4.79 Å². The van der Waals surface area contributed by atoms with Crippen molar-refractivity contribution in [1.29, 1.82) is 0 Å². The number of hydrogen-bond donors (Lipinski definition) is 1. The molecular weight excluding hydrogens is 242 g/mol. The molecule has 1 fully saturated rings. The van der Waals surface area contributed by atoms with Gasteiger partial charge in [0.2, 0.25) is 11.6 Å². The highest BCUT2D eigenvalue weighted by atomic mass is 35.5. The summed E-state index contributed by atoms with van der Waals surface area (Å²) in [5.74, 6) is 0.0825. The predicted octanol–water partition coefficient (Wildman–Crippen LogP) is 0.931. The summed E-state index contributed by atoms with van der Waals surface area (Å²) in [5.41, 5.74) is 1.25. The van der Waals surface area contributed by atoms with Crippen molar-refractivity contribution in [2.45, 2.75) is 18.9 Å². The van der Waals surface area contributed by atoms with E-state index in [4.69, 9.17) is 11.6 Å². The van der Waals surface area contributed by atoms with Gasteiger partial charge in [0, 0.05) is 13.0 Å². The number of fused-ring (bicyclic) bond motifs is 1. The van der Waals surface area contributed by atoms with E-state index in [-0.39, 0.29) is 11.9 Å². The molecule has 0 bridgehead atoms. The number of pyridine rings is 1. The molecule has 0 radical (unpaired) electrons. The number of rotatable bonds is 1. The average Bonchev–Trinajstić information content (AvgIpc) is 2.72. The van der Waals surface area contributed by atoms with Crippen LogP contribution in [0, 0.1) is 0 Å². The van der Waals surface area contributed by atoms with E-state index in [0.717, 1.165) is 6.42 Å². The molecule has 0 aliphatic carbocycles. The van der Waals surface area contributed by atoms with Crippen molar-refractivity contribution in [1.82, 2.24) is 25.3 Å². The smallest absolute Gasteiger partial charge is 0.220 e. The van der Waals surface area contributed by atoms with Gasteiger partial charge in [-0.05, 0) is 18.6 Å². The topological polar surface area (TPSA) is 72.7 Å². The van der Waals surface area contributed by atoms with Crippen molar-refractivity contribution < 1.29 is 4.79 Å². The van der Waals surface area contributed by atoms with E-state index in [1.54, 1.807) is 16.9 Å².